The summed E-state index contributed by atoms with van der Waals surface area (Å²) in [5, 5.41) is 0.831. The van der Waals surface area contributed by atoms with Gasteiger partial charge in [0, 0.05) is 0 Å². The van der Waals surface area contributed by atoms with E-state index in [1.165, 1.54) is 0 Å². The molecular formula is C19H20ClN3O. The van der Waals surface area contributed by atoms with E-state index in [4.69, 9.17) is 17.3 Å². The Hall–Kier alpha value is -2.17. The summed E-state index contributed by atoms with van der Waals surface area (Å²) < 4.78 is 1.59. The summed E-state index contributed by atoms with van der Waals surface area (Å²) in [7, 11) is 0. The molecule has 24 heavy (non-hydrogen) atoms. The average molecular weight is 342 g/mol. The van der Waals surface area contributed by atoms with Crippen molar-refractivity contribution in [1.29, 1.82) is 0 Å². The molecule has 5 heteroatoms. The van der Waals surface area contributed by atoms with E-state index >= 15 is 0 Å². The maximum absolute atomic E-state index is 13.1. The molecule has 124 valence electrons. The quantitative estimate of drug-likeness (QED) is 0.755. The molecule has 0 radical (unpaired) electrons. The monoisotopic (exact) mass is 341 g/mol. The van der Waals surface area contributed by atoms with Crippen molar-refractivity contribution in [1.82, 2.24) is 9.55 Å². The molecule has 0 aliphatic carbocycles. The maximum atomic E-state index is 13.1. The molecule has 1 heterocycles. The summed E-state index contributed by atoms with van der Waals surface area (Å²) in [5.74, 6) is 0.578. The summed E-state index contributed by atoms with van der Waals surface area (Å²) in [4.78, 5) is 17.8. The van der Waals surface area contributed by atoms with Crippen LogP contribution in [0.1, 0.15) is 38.1 Å². The number of para-hydroxylation sites is 1. The minimum Gasteiger partial charge on any atom is -0.321 e. The topological polar surface area (TPSA) is 60.9 Å². The Kier molecular flexibility index (Phi) is 4.97. The lowest BCUT2D eigenvalue weighted by atomic mass is 10.1. The van der Waals surface area contributed by atoms with Crippen LogP contribution in [0.4, 0.5) is 0 Å². The fourth-order valence-corrected chi connectivity index (χ4v) is 3.09. The van der Waals surface area contributed by atoms with Crippen LogP contribution in [0.25, 0.3) is 16.6 Å². The van der Waals surface area contributed by atoms with Crippen molar-refractivity contribution in [2.45, 2.75) is 32.2 Å². The van der Waals surface area contributed by atoms with Crippen LogP contribution in [0, 0.1) is 0 Å². The Labute approximate surface area is 145 Å². The molecular weight excluding hydrogens is 322 g/mol. The Balaban J connectivity index is 2.30. The highest BCUT2D eigenvalue weighted by Crippen LogP contribution is 2.23. The van der Waals surface area contributed by atoms with Gasteiger partial charge in [0.1, 0.15) is 5.82 Å². The number of halogens is 1. The molecule has 1 aromatic heterocycles. The standard InChI is InChI=1S/C19H20ClN3O/c1-2-3-11-15(21)18-22-16-12-7-10-14(20)17(16)19(24)23(18)13-8-5-4-6-9-13/h4-10,12,15H,2-3,11,21H2,1H3/t15-/m1/s1. The molecule has 0 aliphatic rings. The fourth-order valence-electron chi connectivity index (χ4n) is 2.84. The number of nitrogens with two attached hydrogens (primary N) is 1. The maximum Gasteiger partial charge on any atom is 0.267 e. The van der Waals surface area contributed by atoms with Gasteiger partial charge in [0.2, 0.25) is 0 Å². The second-order valence-electron chi connectivity index (χ2n) is 5.83. The number of fused-ring (bicyclic) bond motifs is 1. The molecule has 2 aromatic carbocycles. The minimum absolute atomic E-state index is 0.182. The van der Waals surface area contributed by atoms with Crippen molar-refractivity contribution in [3.63, 3.8) is 0 Å². The summed E-state index contributed by atoms with van der Waals surface area (Å²) >= 11 is 6.25. The van der Waals surface area contributed by atoms with Crippen LogP contribution in [-0.2, 0) is 0 Å². The fraction of sp³-hybridized carbons (Fsp3) is 0.263. The van der Waals surface area contributed by atoms with Crippen LogP contribution >= 0.6 is 11.6 Å². The lowest BCUT2D eigenvalue weighted by molar-refractivity contribution is 0.560. The molecule has 3 rings (SSSR count). The van der Waals surface area contributed by atoms with Gasteiger partial charge in [-0.3, -0.25) is 9.36 Å². The molecule has 0 spiro atoms. The van der Waals surface area contributed by atoms with Gasteiger partial charge >= 0.3 is 0 Å². The van der Waals surface area contributed by atoms with E-state index in [-0.39, 0.29) is 11.6 Å². The van der Waals surface area contributed by atoms with Gasteiger partial charge in [0.15, 0.2) is 0 Å². The van der Waals surface area contributed by atoms with E-state index in [2.05, 4.69) is 11.9 Å². The van der Waals surface area contributed by atoms with Gasteiger partial charge in [-0.05, 0) is 30.7 Å². The number of benzene rings is 2. The van der Waals surface area contributed by atoms with Crippen LogP contribution in [0.5, 0.6) is 0 Å². The van der Waals surface area contributed by atoms with Crippen LogP contribution < -0.4 is 11.3 Å². The molecule has 0 unspecified atom stereocenters. The van der Waals surface area contributed by atoms with E-state index in [1.54, 1.807) is 22.8 Å². The second kappa shape index (κ2) is 7.16. The molecule has 0 saturated carbocycles. The molecule has 1 atom stereocenters. The van der Waals surface area contributed by atoms with Crippen molar-refractivity contribution in [3.8, 4) is 5.69 Å². The first-order chi connectivity index (χ1) is 11.6. The van der Waals surface area contributed by atoms with Crippen LogP contribution in [0.2, 0.25) is 5.02 Å². The van der Waals surface area contributed by atoms with Crippen molar-refractivity contribution < 1.29 is 0 Å². The Morgan fingerprint density at radius 3 is 2.62 bits per heavy atom. The molecule has 0 bridgehead atoms. The van der Waals surface area contributed by atoms with Gasteiger partial charge in [0.25, 0.3) is 5.56 Å². The zero-order valence-corrected chi connectivity index (χ0v) is 14.3. The number of aromatic nitrogens is 2. The van der Waals surface area contributed by atoms with E-state index in [1.807, 2.05) is 30.3 Å². The molecule has 0 fully saturated rings. The number of rotatable bonds is 5. The van der Waals surface area contributed by atoms with Gasteiger partial charge in [-0.15, -0.1) is 0 Å². The Bertz CT molecular complexity index is 906. The SMILES string of the molecule is CCCC[C@@H](N)c1nc2cccc(Cl)c2c(=O)n1-c1ccccc1. The lowest BCUT2D eigenvalue weighted by Gasteiger charge is -2.18. The van der Waals surface area contributed by atoms with Gasteiger partial charge < -0.3 is 5.73 Å². The minimum atomic E-state index is -0.304. The average Bonchev–Trinajstić information content (AvgIpc) is 2.60. The zero-order chi connectivity index (χ0) is 17.1. The normalized spacial score (nSPS) is 12.5. The van der Waals surface area contributed by atoms with E-state index < -0.39 is 0 Å². The molecule has 0 saturated heterocycles. The predicted octanol–water partition coefficient (Wildman–Crippen LogP) is 4.23. The lowest BCUT2D eigenvalue weighted by Crippen LogP contribution is -2.28. The molecule has 4 nitrogen and oxygen atoms in total. The number of hydrogen-bond acceptors (Lipinski definition) is 3. The molecule has 0 aliphatic heterocycles. The zero-order valence-electron chi connectivity index (χ0n) is 13.6. The van der Waals surface area contributed by atoms with Gasteiger partial charge in [0.05, 0.1) is 27.7 Å². The third-order valence-electron chi connectivity index (χ3n) is 4.09. The third-order valence-corrected chi connectivity index (χ3v) is 4.40. The van der Waals surface area contributed by atoms with E-state index in [0.717, 1.165) is 24.9 Å². The molecule has 2 N–H and O–H groups in total. The van der Waals surface area contributed by atoms with E-state index in [0.29, 0.717) is 21.7 Å². The van der Waals surface area contributed by atoms with Crippen molar-refractivity contribution >= 4 is 22.5 Å². The Morgan fingerprint density at radius 1 is 1.17 bits per heavy atom. The first-order valence-electron chi connectivity index (χ1n) is 8.15. The third kappa shape index (κ3) is 3.07. The smallest absolute Gasteiger partial charge is 0.267 e. The van der Waals surface area contributed by atoms with E-state index in [9.17, 15) is 4.79 Å². The highest BCUT2D eigenvalue weighted by atomic mass is 35.5. The van der Waals surface area contributed by atoms with Crippen LogP contribution in [0.3, 0.4) is 0 Å². The van der Waals surface area contributed by atoms with Gasteiger partial charge in [-0.2, -0.15) is 0 Å². The van der Waals surface area contributed by atoms with Gasteiger partial charge in [-0.25, -0.2) is 4.98 Å². The summed E-state index contributed by atoms with van der Waals surface area (Å²) in [5.41, 5.74) is 7.51. The van der Waals surface area contributed by atoms with Crippen molar-refractivity contribution in [2.24, 2.45) is 5.73 Å². The molecule has 0 amide bonds. The first kappa shape index (κ1) is 16.7. The highest BCUT2D eigenvalue weighted by Gasteiger charge is 2.19. The first-order valence-corrected chi connectivity index (χ1v) is 8.53. The van der Waals surface area contributed by atoms with Crippen molar-refractivity contribution in [2.75, 3.05) is 0 Å². The predicted molar refractivity (Wildman–Crippen MR) is 98.8 cm³/mol. The van der Waals surface area contributed by atoms with Crippen LogP contribution in [-0.4, -0.2) is 9.55 Å². The number of nitrogens with zero attached hydrogens (tertiary/aromatic N) is 2. The summed E-state index contributed by atoms with van der Waals surface area (Å²) in [6.45, 7) is 2.12. The number of unbranched alkanes of at least 4 members (excludes halogenated alkanes) is 1. The second-order valence-corrected chi connectivity index (χ2v) is 6.24. The van der Waals surface area contributed by atoms with Crippen molar-refractivity contribution in [3.05, 3.63) is 69.7 Å². The summed E-state index contributed by atoms with van der Waals surface area (Å²) in [6, 6.07) is 14.4. The Morgan fingerprint density at radius 2 is 1.92 bits per heavy atom. The highest BCUT2D eigenvalue weighted by molar-refractivity contribution is 6.35. The number of hydrogen-bond donors (Lipinski definition) is 1. The van der Waals surface area contributed by atoms with Gasteiger partial charge in [-0.1, -0.05) is 55.6 Å². The summed E-state index contributed by atoms with van der Waals surface area (Å²) in [6.07, 6.45) is 2.81. The largest absolute Gasteiger partial charge is 0.321 e. The molecule has 3 aromatic rings. The van der Waals surface area contributed by atoms with Crippen LogP contribution in [0.15, 0.2) is 53.3 Å².